The van der Waals surface area contributed by atoms with Crippen LogP contribution in [0.1, 0.15) is 21.9 Å². The van der Waals surface area contributed by atoms with Crippen LogP contribution in [0.5, 0.6) is 0 Å². The van der Waals surface area contributed by atoms with E-state index in [4.69, 9.17) is 5.11 Å². The number of pyridine rings is 1. The molecule has 1 aliphatic rings. The number of carboxylic acid groups (broad SMARTS) is 1. The summed E-state index contributed by atoms with van der Waals surface area (Å²) in [7, 11) is 1.72. The smallest absolute Gasteiger partial charge is 0.375 e. The lowest BCUT2D eigenvalue weighted by molar-refractivity contribution is 0.0683. The topological polar surface area (TPSA) is 87.4 Å². The van der Waals surface area contributed by atoms with E-state index >= 15 is 0 Å². The predicted octanol–water partition coefficient (Wildman–Crippen LogP) is 0.539. The second-order valence-corrected chi connectivity index (χ2v) is 5.69. The Labute approximate surface area is 134 Å². The van der Waals surface area contributed by atoms with Gasteiger partial charge in [-0.25, -0.2) is 9.48 Å². The first kappa shape index (κ1) is 15.4. The van der Waals surface area contributed by atoms with Crippen LogP contribution in [0.25, 0.3) is 0 Å². The van der Waals surface area contributed by atoms with Crippen LogP contribution < -0.4 is 4.90 Å². The Balaban J connectivity index is 1.62. The number of hydrogen-bond acceptors (Lipinski definition) is 6. The molecular weight excluding hydrogens is 296 g/mol. The Kier molecular flexibility index (Phi) is 4.24. The third-order valence-corrected chi connectivity index (χ3v) is 4.08. The fourth-order valence-electron chi connectivity index (χ4n) is 2.74. The van der Waals surface area contributed by atoms with Gasteiger partial charge in [-0.2, -0.15) is 4.98 Å². The molecule has 2 aromatic rings. The third kappa shape index (κ3) is 3.31. The van der Waals surface area contributed by atoms with E-state index in [1.54, 1.807) is 7.05 Å². The molecule has 0 spiro atoms. The fraction of sp³-hybridized carbons (Fsp3) is 0.467. The number of carbonyl (C=O) groups is 1. The summed E-state index contributed by atoms with van der Waals surface area (Å²) in [6.07, 6.45) is 1.82. The van der Waals surface area contributed by atoms with Crippen molar-refractivity contribution in [3.8, 4) is 0 Å². The van der Waals surface area contributed by atoms with Crippen LogP contribution in [-0.4, -0.2) is 61.9 Å². The summed E-state index contributed by atoms with van der Waals surface area (Å²) in [5.41, 5.74) is 2.31. The Bertz CT molecular complexity index is 706. The standard InChI is InChI=1S/C15H20N6O2/c1-11-4-3-5-16-12(11)10-20-6-8-21(9-7-20)15-17-13(14(22)23)18-19(15)2/h3-5H,6-10H2,1-2H3,(H,22,23). The van der Waals surface area contributed by atoms with Crippen LogP contribution in [0, 0.1) is 6.92 Å². The zero-order valence-corrected chi connectivity index (χ0v) is 13.3. The van der Waals surface area contributed by atoms with Gasteiger partial charge in [-0.3, -0.25) is 9.88 Å². The molecule has 0 unspecified atom stereocenters. The monoisotopic (exact) mass is 316 g/mol. The van der Waals surface area contributed by atoms with Crippen molar-refractivity contribution in [2.24, 2.45) is 7.05 Å². The van der Waals surface area contributed by atoms with Gasteiger partial charge in [-0.15, -0.1) is 5.10 Å². The lowest BCUT2D eigenvalue weighted by Crippen LogP contribution is -2.47. The molecule has 0 aromatic carbocycles. The molecule has 1 N–H and O–H groups in total. The maximum Gasteiger partial charge on any atom is 0.375 e. The number of nitrogens with zero attached hydrogens (tertiary/aromatic N) is 6. The molecule has 1 saturated heterocycles. The summed E-state index contributed by atoms with van der Waals surface area (Å²) in [4.78, 5) is 23.9. The van der Waals surface area contributed by atoms with Gasteiger partial charge in [0.1, 0.15) is 0 Å². The van der Waals surface area contributed by atoms with Gasteiger partial charge < -0.3 is 10.0 Å². The van der Waals surface area contributed by atoms with Crippen molar-refractivity contribution in [1.29, 1.82) is 0 Å². The Morgan fingerprint density at radius 2 is 2.04 bits per heavy atom. The molecule has 3 rings (SSSR count). The highest BCUT2D eigenvalue weighted by Gasteiger charge is 2.23. The summed E-state index contributed by atoms with van der Waals surface area (Å²) in [5.74, 6) is -0.652. The SMILES string of the molecule is Cc1cccnc1CN1CCN(c2nc(C(=O)O)nn2C)CC1. The van der Waals surface area contributed by atoms with E-state index in [9.17, 15) is 4.79 Å². The summed E-state index contributed by atoms with van der Waals surface area (Å²) in [6.45, 7) is 6.25. The number of aromatic nitrogens is 4. The van der Waals surface area contributed by atoms with Crippen molar-refractivity contribution in [3.05, 3.63) is 35.4 Å². The molecule has 0 amide bonds. The van der Waals surface area contributed by atoms with E-state index in [0.29, 0.717) is 5.95 Å². The van der Waals surface area contributed by atoms with Crippen molar-refractivity contribution in [3.63, 3.8) is 0 Å². The molecular formula is C15H20N6O2. The molecule has 122 valence electrons. The van der Waals surface area contributed by atoms with Crippen LogP contribution >= 0.6 is 0 Å². The quantitative estimate of drug-likeness (QED) is 0.880. The molecule has 1 aliphatic heterocycles. The highest BCUT2D eigenvalue weighted by molar-refractivity contribution is 5.83. The minimum absolute atomic E-state index is 0.158. The van der Waals surface area contributed by atoms with Gasteiger partial charge in [0.2, 0.25) is 5.95 Å². The molecule has 8 nitrogen and oxygen atoms in total. The molecule has 0 bridgehead atoms. The second-order valence-electron chi connectivity index (χ2n) is 5.69. The average molecular weight is 316 g/mol. The number of piperazine rings is 1. The second kappa shape index (κ2) is 6.33. The molecule has 0 aliphatic carbocycles. The summed E-state index contributed by atoms with van der Waals surface area (Å²) < 4.78 is 1.53. The lowest BCUT2D eigenvalue weighted by atomic mass is 10.2. The zero-order valence-electron chi connectivity index (χ0n) is 13.3. The number of rotatable bonds is 4. The van der Waals surface area contributed by atoms with Crippen molar-refractivity contribution < 1.29 is 9.90 Å². The number of carboxylic acids is 1. The first-order valence-electron chi connectivity index (χ1n) is 7.56. The van der Waals surface area contributed by atoms with Crippen LogP contribution in [0.4, 0.5) is 5.95 Å². The minimum atomic E-state index is -1.10. The van der Waals surface area contributed by atoms with Crippen LogP contribution in [0.2, 0.25) is 0 Å². The van der Waals surface area contributed by atoms with Crippen LogP contribution in [0.15, 0.2) is 18.3 Å². The minimum Gasteiger partial charge on any atom is -0.475 e. The van der Waals surface area contributed by atoms with Gasteiger partial charge in [-0.1, -0.05) is 6.07 Å². The molecule has 0 saturated carbocycles. The normalized spacial score (nSPS) is 15.8. The number of hydrogen-bond donors (Lipinski definition) is 1. The van der Waals surface area contributed by atoms with E-state index in [1.165, 1.54) is 10.2 Å². The highest BCUT2D eigenvalue weighted by atomic mass is 16.4. The van der Waals surface area contributed by atoms with E-state index in [2.05, 4.69) is 37.9 Å². The van der Waals surface area contributed by atoms with Gasteiger partial charge in [0.05, 0.1) is 5.69 Å². The van der Waals surface area contributed by atoms with Crippen molar-refractivity contribution in [2.75, 3.05) is 31.1 Å². The van der Waals surface area contributed by atoms with Crippen LogP contribution in [0.3, 0.4) is 0 Å². The number of aryl methyl sites for hydroxylation is 2. The van der Waals surface area contributed by atoms with Crippen molar-refractivity contribution in [2.45, 2.75) is 13.5 Å². The summed E-state index contributed by atoms with van der Waals surface area (Å²) in [5, 5.41) is 12.9. The zero-order chi connectivity index (χ0) is 16.4. The molecule has 23 heavy (non-hydrogen) atoms. The largest absolute Gasteiger partial charge is 0.475 e. The molecule has 3 heterocycles. The van der Waals surface area contributed by atoms with Gasteiger partial charge in [-0.05, 0) is 18.6 Å². The Morgan fingerprint density at radius 1 is 1.30 bits per heavy atom. The predicted molar refractivity (Wildman–Crippen MR) is 84.4 cm³/mol. The lowest BCUT2D eigenvalue weighted by Gasteiger charge is -2.34. The van der Waals surface area contributed by atoms with Gasteiger partial charge >= 0.3 is 5.97 Å². The number of aromatic carboxylic acids is 1. The molecule has 2 aromatic heterocycles. The van der Waals surface area contributed by atoms with Crippen molar-refractivity contribution >= 4 is 11.9 Å². The average Bonchev–Trinajstić information content (AvgIpc) is 2.93. The third-order valence-electron chi connectivity index (χ3n) is 4.08. The van der Waals surface area contributed by atoms with Crippen molar-refractivity contribution in [1.82, 2.24) is 24.6 Å². The summed E-state index contributed by atoms with van der Waals surface area (Å²) >= 11 is 0. The number of anilines is 1. The first-order valence-corrected chi connectivity index (χ1v) is 7.56. The van der Waals surface area contributed by atoms with E-state index in [1.807, 2.05) is 12.3 Å². The molecule has 0 radical (unpaired) electrons. The molecule has 0 atom stereocenters. The highest BCUT2D eigenvalue weighted by Crippen LogP contribution is 2.15. The Morgan fingerprint density at radius 3 is 2.65 bits per heavy atom. The van der Waals surface area contributed by atoms with Gasteiger partial charge in [0.25, 0.3) is 5.82 Å². The van der Waals surface area contributed by atoms with Gasteiger partial charge in [0, 0.05) is 46.0 Å². The summed E-state index contributed by atoms with van der Waals surface area (Å²) in [6, 6.07) is 4.02. The molecule has 1 fully saturated rings. The van der Waals surface area contributed by atoms with E-state index in [-0.39, 0.29) is 5.82 Å². The van der Waals surface area contributed by atoms with Crippen LogP contribution in [-0.2, 0) is 13.6 Å². The first-order chi connectivity index (χ1) is 11.0. The Hall–Kier alpha value is -2.48. The molecule has 8 heteroatoms. The van der Waals surface area contributed by atoms with E-state index < -0.39 is 5.97 Å². The van der Waals surface area contributed by atoms with E-state index in [0.717, 1.165) is 38.4 Å². The maximum atomic E-state index is 11.0. The van der Waals surface area contributed by atoms with Gasteiger partial charge in [0.15, 0.2) is 0 Å². The maximum absolute atomic E-state index is 11.0. The fourth-order valence-corrected chi connectivity index (χ4v) is 2.74.